The number of anilines is 1. The van der Waals surface area contributed by atoms with Crippen molar-refractivity contribution < 1.29 is 0 Å². The number of fused-ring (bicyclic) bond motifs is 1. The van der Waals surface area contributed by atoms with Crippen LogP contribution in [0, 0.1) is 0 Å². The topological polar surface area (TPSA) is 55.6 Å². The fourth-order valence-electron chi connectivity index (χ4n) is 2.04. The summed E-state index contributed by atoms with van der Waals surface area (Å²) < 4.78 is 1.92. The number of rotatable bonds is 4. The van der Waals surface area contributed by atoms with Gasteiger partial charge in [0.2, 0.25) is 11.1 Å². The van der Waals surface area contributed by atoms with Gasteiger partial charge in [-0.25, -0.2) is 4.68 Å². The largest absolute Gasteiger partial charge is 0.328 e. The van der Waals surface area contributed by atoms with Crippen LogP contribution in [-0.2, 0) is 5.75 Å². The Hall–Kier alpha value is -1.86. The first-order valence-electron chi connectivity index (χ1n) is 6.18. The molecule has 3 heterocycles. The van der Waals surface area contributed by atoms with Crippen LogP contribution in [0.3, 0.4) is 0 Å². The van der Waals surface area contributed by atoms with Gasteiger partial charge in [-0.2, -0.15) is 4.98 Å². The maximum absolute atomic E-state index is 4.53. The molecule has 20 heavy (non-hydrogen) atoms. The summed E-state index contributed by atoms with van der Waals surface area (Å²) in [5, 5.41) is 8.63. The van der Waals surface area contributed by atoms with Crippen LogP contribution < -0.4 is 5.32 Å². The minimum Gasteiger partial charge on any atom is -0.328 e. The fourth-order valence-corrected chi connectivity index (χ4v) is 3.47. The highest BCUT2D eigenvalue weighted by atomic mass is 32.2. The molecular weight excluding hydrogens is 290 g/mol. The molecule has 1 aliphatic heterocycles. The van der Waals surface area contributed by atoms with E-state index in [0.29, 0.717) is 0 Å². The number of hydrogen-bond acceptors (Lipinski definition) is 6. The number of thioether (sulfide) groups is 1. The predicted molar refractivity (Wildman–Crippen MR) is 79.9 cm³/mol. The van der Waals surface area contributed by atoms with E-state index in [2.05, 4.69) is 32.5 Å². The van der Waals surface area contributed by atoms with E-state index in [-0.39, 0.29) is 6.17 Å². The highest BCUT2D eigenvalue weighted by Gasteiger charge is 2.31. The Morgan fingerprint density at radius 1 is 1.30 bits per heavy atom. The molecule has 0 amide bonds. The Morgan fingerprint density at radius 3 is 3.00 bits per heavy atom. The average Bonchev–Trinajstić information content (AvgIpc) is 3.09. The first-order valence-corrected chi connectivity index (χ1v) is 8.05. The van der Waals surface area contributed by atoms with Crippen LogP contribution >= 0.6 is 23.1 Å². The van der Waals surface area contributed by atoms with Gasteiger partial charge in [0, 0.05) is 11.9 Å². The monoisotopic (exact) mass is 301 g/mol. The molecule has 0 radical (unpaired) electrons. The minimum absolute atomic E-state index is 0.0936. The number of thiazole rings is 1. The smallest absolute Gasteiger partial charge is 0.226 e. The van der Waals surface area contributed by atoms with Crippen LogP contribution in [0.2, 0.25) is 0 Å². The van der Waals surface area contributed by atoms with Crippen LogP contribution in [0.4, 0.5) is 5.95 Å². The lowest BCUT2D eigenvalue weighted by Crippen LogP contribution is -2.31. The summed E-state index contributed by atoms with van der Waals surface area (Å²) in [5.41, 5.74) is 3.11. The molecule has 7 heteroatoms. The summed E-state index contributed by atoms with van der Waals surface area (Å²) in [6.07, 6.45) is 1.96. The molecule has 0 saturated heterocycles. The second-order valence-electron chi connectivity index (χ2n) is 4.39. The number of aromatic nitrogens is 4. The lowest BCUT2D eigenvalue weighted by atomic mass is 10.2. The van der Waals surface area contributed by atoms with E-state index in [0.717, 1.165) is 21.7 Å². The lowest BCUT2D eigenvalue weighted by Gasteiger charge is -2.27. The third kappa shape index (κ3) is 2.08. The van der Waals surface area contributed by atoms with E-state index >= 15 is 0 Å². The Bertz CT molecular complexity index is 708. The molecule has 0 saturated carbocycles. The molecular formula is C13H11N5S2. The summed E-state index contributed by atoms with van der Waals surface area (Å²) in [6, 6.07) is 10.3. The molecule has 1 atom stereocenters. The molecule has 2 aromatic heterocycles. The van der Waals surface area contributed by atoms with Gasteiger partial charge < -0.3 is 5.32 Å². The third-order valence-corrected chi connectivity index (χ3v) is 4.79. The van der Waals surface area contributed by atoms with Crippen molar-refractivity contribution in [1.82, 2.24) is 19.7 Å². The van der Waals surface area contributed by atoms with Crippen molar-refractivity contribution in [1.29, 1.82) is 0 Å². The molecule has 5 nitrogen and oxygen atoms in total. The molecule has 0 aliphatic carbocycles. The van der Waals surface area contributed by atoms with Gasteiger partial charge in [-0.05, 0) is 5.56 Å². The standard InChI is InChI=1S/C13H11N5S2/c1-2-4-9(5-3-1)7-19-13-16-12-15-11(18(12)17-13)10-6-14-8-20-10/h1-6,8,11H,7H2,(H,15,16,17). The van der Waals surface area contributed by atoms with E-state index < -0.39 is 0 Å². The number of hydrogen-bond donors (Lipinski definition) is 1. The minimum atomic E-state index is 0.0936. The molecule has 1 aliphatic rings. The van der Waals surface area contributed by atoms with Crippen molar-refractivity contribution in [2.45, 2.75) is 17.1 Å². The van der Waals surface area contributed by atoms with E-state index in [1.165, 1.54) is 5.56 Å². The van der Waals surface area contributed by atoms with Crippen molar-refractivity contribution in [3.63, 3.8) is 0 Å². The zero-order chi connectivity index (χ0) is 13.4. The molecule has 3 aromatic rings. The van der Waals surface area contributed by atoms with Gasteiger partial charge in [-0.1, -0.05) is 42.1 Å². The van der Waals surface area contributed by atoms with Crippen LogP contribution in [0.5, 0.6) is 0 Å². The predicted octanol–water partition coefficient (Wildman–Crippen LogP) is 3.00. The van der Waals surface area contributed by atoms with Gasteiger partial charge in [0.25, 0.3) is 0 Å². The quantitative estimate of drug-likeness (QED) is 0.751. The lowest BCUT2D eigenvalue weighted by molar-refractivity contribution is 0.510. The first-order chi connectivity index (χ1) is 9.90. The Morgan fingerprint density at radius 2 is 2.20 bits per heavy atom. The Labute approximate surface area is 124 Å². The normalized spacial score (nSPS) is 16.3. The number of nitrogens with zero attached hydrogens (tertiary/aromatic N) is 4. The highest BCUT2D eigenvalue weighted by Crippen LogP contribution is 2.34. The van der Waals surface area contributed by atoms with Crippen molar-refractivity contribution in [2.75, 3.05) is 5.32 Å². The number of benzene rings is 1. The maximum atomic E-state index is 4.53. The van der Waals surface area contributed by atoms with E-state index in [1.807, 2.05) is 34.6 Å². The van der Waals surface area contributed by atoms with Gasteiger partial charge in [0.05, 0.1) is 10.4 Å². The van der Waals surface area contributed by atoms with Gasteiger partial charge in [0.15, 0.2) is 6.17 Å². The molecule has 0 fully saturated rings. The van der Waals surface area contributed by atoms with Crippen molar-refractivity contribution in [2.24, 2.45) is 0 Å². The summed E-state index contributed by atoms with van der Waals surface area (Å²) in [4.78, 5) is 9.71. The number of nitrogens with one attached hydrogen (secondary N) is 1. The average molecular weight is 301 g/mol. The van der Waals surface area contributed by atoms with Gasteiger partial charge in [0.1, 0.15) is 0 Å². The molecule has 4 rings (SSSR count). The van der Waals surface area contributed by atoms with Gasteiger partial charge in [-0.15, -0.1) is 16.4 Å². The van der Waals surface area contributed by atoms with Crippen LogP contribution in [-0.4, -0.2) is 19.7 Å². The third-order valence-electron chi connectivity index (χ3n) is 3.05. The fraction of sp³-hybridized carbons (Fsp3) is 0.154. The molecule has 1 unspecified atom stereocenters. The Balaban J connectivity index is 1.47. The summed E-state index contributed by atoms with van der Waals surface area (Å²) in [7, 11) is 0. The van der Waals surface area contributed by atoms with Crippen molar-refractivity contribution >= 4 is 29.0 Å². The summed E-state index contributed by atoms with van der Waals surface area (Å²) in [6.45, 7) is 0. The van der Waals surface area contributed by atoms with E-state index in [9.17, 15) is 0 Å². The van der Waals surface area contributed by atoms with E-state index in [1.54, 1.807) is 23.1 Å². The molecule has 1 aromatic carbocycles. The summed E-state index contributed by atoms with van der Waals surface area (Å²) in [5.74, 6) is 1.72. The van der Waals surface area contributed by atoms with Crippen LogP contribution in [0.25, 0.3) is 0 Å². The zero-order valence-corrected chi connectivity index (χ0v) is 12.1. The molecule has 0 bridgehead atoms. The molecule has 0 spiro atoms. The van der Waals surface area contributed by atoms with Crippen molar-refractivity contribution in [3.05, 3.63) is 52.5 Å². The summed E-state index contributed by atoms with van der Waals surface area (Å²) >= 11 is 3.27. The Kier molecular flexibility index (Phi) is 2.93. The van der Waals surface area contributed by atoms with Gasteiger partial charge >= 0.3 is 0 Å². The van der Waals surface area contributed by atoms with Crippen molar-refractivity contribution in [3.8, 4) is 0 Å². The molecule has 1 N–H and O–H groups in total. The van der Waals surface area contributed by atoms with E-state index in [4.69, 9.17) is 0 Å². The van der Waals surface area contributed by atoms with Gasteiger partial charge in [-0.3, -0.25) is 4.98 Å². The first kappa shape index (κ1) is 11.9. The van der Waals surface area contributed by atoms with Crippen LogP contribution in [0.15, 0.2) is 47.2 Å². The maximum Gasteiger partial charge on any atom is 0.226 e. The molecule has 100 valence electrons. The second kappa shape index (κ2) is 4.92. The second-order valence-corrected chi connectivity index (χ2v) is 6.25. The highest BCUT2D eigenvalue weighted by molar-refractivity contribution is 7.98. The SMILES string of the molecule is c1ccc(CSc2nc3n(n2)C(c2cncs2)N3)cc1. The zero-order valence-electron chi connectivity index (χ0n) is 10.4. The van der Waals surface area contributed by atoms with Crippen LogP contribution in [0.1, 0.15) is 16.6 Å².